The molecule has 0 saturated carbocycles. The van der Waals surface area contributed by atoms with Gasteiger partial charge in [-0.2, -0.15) is 0 Å². The topological polar surface area (TPSA) is 76.1 Å². The molecule has 30 heavy (non-hydrogen) atoms. The van der Waals surface area contributed by atoms with Crippen LogP contribution in [0.25, 0.3) is 16.6 Å². The van der Waals surface area contributed by atoms with E-state index in [1.54, 1.807) is 31.4 Å². The molecule has 3 aromatic carbocycles. The number of methoxy groups -OCH3 is 1. The van der Waals surface area contributed by atoms with E-state index in [1.807, 2.05) is 49.4 Å². The second-order valence-corrected chi connectivity index (χ2v) is 7.21. The van der Waals surface area contributed by atoms with Gasteiger partial charge in [-0.1, -0.05) is 24.3 Å². The lowest BCUT2D eigenvalue weighted by molar-refractivity contribution is 0.102. The number of nitrogens with one attached hydrogen (secondary N) is 2. The number of aryl methyl sites for hydroxylation is 1. The van der Waals surface area contributed by atoms with Crippen LogP contribution in [-0.4, -0.2) is 22.6 Å². The SMILES string of the molecule is COc1ccc(C)cc1NC(=O)c1ccc2c(=O)n(-c3ccccc3)c(=S)[nH]c2c1. The Morgan fingerprint density at radius 2 is 1.83 bits per heavy atom. The maximum atomic E-state index is 13.0. The second-order valence-electron chi connectivity index (χ2n) is 6.82. The van der Waals surface area contributed by atoms with E-state index in [0.29, 0.717) is 33.6 Å². The first-order valence-electron chi connectivity index (χ1n) is 9.28. The van der Waals surface area contributed by atoms with E-state index in [1.165, 1.54) is 4.57 Å². The van der Waals surface area contributed by atoms with Crippen LogP contribution in [-0.2, 0) is 0 Å². The molecule has 0 unspecified atom stereocenters. The molecule has 6 nitrogen and oxygen atoms in total. The van der Waals surface area contributed by atoms with E-state index in [0.717, 1.165) is 5.56 Å². The zero-order valence-corrected chi connectivity index (χ0v) is 17.2. The van der Waals surface area contributed by atoms with Crippen LogP contribution in [0, 0.1) is 11.7 Å². The van der Waals surface area contributed by atoms with Crippen molar-refractivity contribution in [1.29, 1.82) is 0 Å². The normalized spacial score (nSPS) is 10.7. The van der Waals surface area contributed by atoms with E-state index in [2.05, 4.69) is 10.3 Å². The van der Waals surface area contributed by atoms with Crippen molar-refractivity contribution in [2.45, 2.75) is 6.92 Å². The largest absolute Gasteiger partial charge is 0.495 e. The lowest BCUT2D eigenvalue weighted by Gasteiger charge is -2.12. The Hall–Kier alpha value is -3.71. The van der Waals surface area contributed by atoms with Crippen molar-refractivity contribution in [3.8, 4) is 11.4 Å². The van der Waals surface area contributed by atoms with Crippen molar-refractivity contribution < 1.29 is 9.53 Å². The van der Waals surface area contributed by atoms with Crippen LogP contribution < -0.4 is 15.6 Å². The number of aromatic nitrogens is 2. The lowest BCUT2D eigenvalue weighted by Crippen LogP contribution is -2.21. The molecule has 4 aromatic rings. The van der Waals surface area contributed by atoms with Crippen molar-refractivity contribution >= 4 is 34.7 Å². The third-order valence-electron chi connectivity index (χ3n) is 4.78. The first-order valence-corrected chi connectivity index (χ1v) is 9.69. The highest BCUT2D eigenvalue weighted by atomic mass is 32.1. The molecule has 0 bridgehead atoms. The lowest BCUT2D eigenvalue weighted by atomic mass is 10.1. The average Bonchev–Trinajstić information content (AvgIpc) is 2.74. The smallest absolute Gasteiger partial charge is 0.266 e. The maximum absolute atomic E-state index is 13.0. The fraction of sp³-hybridized carbons (Fsp3) is 0.0870. The Morgan fingerprint density at radius 1 is 1.07 bits per heavy atom. The summed E-state index contributed by atoms with van der Waals surface area (Å²) in [5, 5.41) is 3.30. The summed E-state index contributed by atoms with van der Waals surface area (Å²) < 4.78 is 7.02. The predicted octanol–water partition coefficient (Wildman–Crippen LogP) is 4.62. The van der Waals surface area contributed by atoms with Gasteiger partial charge in [0, 0.05) is 5.56 Å². The molecule has 4 rings (SSSR count). The van der Waals surface area contributed by atoms with E-state index < -0.39 is 0 Å². The second kappa shape index (κ2) is 7.96. The number of aromatic amines is 1. The molecule has 2 N–H and O–H groups in total. The van der Waals surface area contributed by atoms with Crippen molar-refractivity contribution in [3.63, 3.8) is 0 Å². The number of anilines is 1. The third kappa shape index (κ3) is 3.62. The Bertz CT molecular complexity index is 1370. The number of carbonyl (C=O) groups is 1. The van der Waals surface area contributed by atoms with Crippen molar-refractivity contribution in [2.75, 3.05) is 12.4 Å². The molecule has 0 spiro atoms. The molecule has 0 aliphatic heterocycles. The minimum absolute atomic E-state index is 0.243. The number of hydrogen-bond donors (Lipinski definition) is 2. The number of rotatable bonds is 4. The van der Waals surface area contributed by atoms with Gasteiger partial charge >= 0.3 is 0 Å². The Labute approximate surface area is 177 Å². The molecule has 150 valence electrons. The van der Waals surface area contributed by atoms with E-state index >= 15 is 0 Å². The number of hydrogen-bond acceptors (Lipinski definition) is 4. The summed E-state index contributed by atoms with van der Waals surface area (Å²) in [6.07, 6.45) is 0. The molecular formula is C23H19N3O3S. The summed E-state index contributed by atoms with van der Waals surface area (Å²) in [4.78, 5) is 28.9. The highest BCUT2D eigenvalue weighted by molar-refractivity contribution is 7.71. The van der Waals surface area contributed by atoms with Gasteiger partial charge in [-0.3, -0.25) is 14.2 Å². The molecule has 0 fully saturated rings. The average molecular weight is 417 g/mol. The van der Waals surface area contributed by atoms with Crippen LogP contribution in [0.15, 0.2) is 71.5 Å². The van der Waals surface area contributed by atoms with Crippen LogP contribution in [0.4, 0.5) is 5.69 Å². The van der Waals surface area contributed by atoms with Gasteiger partial charge in [0.1, 0.15) is 5.75 Å². The van der Waals surface area contributed by atoms with Crippen LogP contribution >= 0.6 is 12.2 Å². The monoisotopic (exact) mass is 417 g/mol. The van der Waals surface area contributed by atoms with Crippen LogP contribution in [0.3, 0.4) is 0 Å². The summed E-state index contributed by atoms with van der Waals surface area (Å²) >= 11 is 5.40. The standard InChI is InChI=1S/C23H19N3O3S/c1-14-8-11-20(29-2)19(12-14)24-21(27)15-9-10-17-18(13-15)25-23(30)26(22(17)28)16-6-4-3-5-7-16/h3-13H,1-2H3,(H,24,27)(H,25,30). The summed E-state index contributed by atoms with van der Waals surface area (Å²) in [6.45, 7) is 1.93. The Balaban J connectivity index is 1.74. The number of nitrogens with zero attached hydrogens (tertiary/aromatic N) is 1. The van der Waals surface area contributed by atoms with Gasteiger partial charge in [-0.05, 0) is 67.2 Å². The van der Waals surface area contributed by atoms with Gasteiger partial charge in [-0.25, -0.2) is 0 Å². The van der Waals surface area contributed by atoms with Gasteiger partial charge in [-0.15, -0.1) is 0 Å². The van der Waals surface area contributed by atoms with Gasteiger partial charge in [0.2, 0.25) is 0 Å². The number of ether oxygens (including phenoxy) is 1. The van der Waals surface area contributed by atoms with Crippen molar-refractivity contribution in [3.05, 3.63) is 93.0 Å². The van der Waals surface area contributed by atoms with Crippen molar-refractivity contribution in [1.82, 2.24) is 9.55 Å². The fourth-order valence-corrected chi connectivity index (χ4v) is 3.58. The maximum Gasteiger partial charge on any atom is 0.266 e. The predicted molar refractivity (Wildman–Crippen MR) is 120 cm³/mol. The van der Waals surface area contributed by atoms with Crippen LogP contribution in [0.2, 0.25) is 0 Å². The number of amides is 1. The molecule has 0 saturated heterocycles. The fourth-order valence-electron chi connectivity index (χ4n) is 3.28. The van der Waals surface area contributed by atoms with Gasteiger partial charge in [0.25, 0.3) is 11.5 Å². The summed E-state index contributed by atoms with van der Waals surface area (Å²) in [5.41, 5.74) is 2.91. The highest BCUT2D eigenvalue weighted by Gasteiger charge is 2.13. The molecule has 0 radical (unpaired) electrons. The molecule has 1 heterocycles. The Morgan fingerprint density at radius 3 is 2.57 bits per heavy atom. The number of H-pyrrole nitrogens is 1. The molecule has 7 heteroatoms. The molecule has 1 aromatic heterocycles. The number of para-hydroxylation sites is 1. The quantitative estimate of drug-likeness (QED) is 0.475. The number of fused-ring (bicyclic) bond motifs is 1. The number of carbonyl (C=O) groups excluding carboxylic acids is 1. The minimum Gasteiger partial charge on any atom is -0.495 e. The van der Waals surface area contributed by atoms with Gasteiger partial charge in [0.15, 0.2) is 4.77 Å². The third-order valence-corrected chi connectivity index (χ3v) is 5.06. The molecule has 1 amide bonds. The molecule has 0 aliphatic rings. The van der Waals surface area contributed by atoms with E-state index in [4.69, 9.17) is 17.0 Å². The summed E-state index contributed by atoms with van der Waals surface area (Å²) in [5.74, 6) is 0.257. The van der Waals surface area contributed by atoms with Crippen LogP contribution in [0.1, 0.15) is 15.9 Å². The zero-order valence-electron chi connectivity index (χ0n) is 16.4. The minimum atomic E-state index is -0.313. The first-order chi connectivity index (χ1) is 14.5. The summed E-state index contributed by atoms with van der Waals surface area (Å²) in [7, 11) is 1.55. The molecule has 0 atom stereocenters. The highest BCUT2D eigenvalue weighted by Crippen LogP contribution is 2.26. The van der Waals surface area contributed by atoms with Gasteiger partial charge in [0.05, 0.1) is 29.4 Å². The first kappa shape index (κ1) is 19.6. The van der Waals surface area contributed by atoms with E-state index in [9.17, 15) is 9.59 Å². The van der Waals surface area contributed by atoms with Gasteiger partial charge < -0.3 is 15.0 Å². The number of benzene rings is 3. The van der Waals surface area contributed by atoms with Crippen molar-refractivity contribution in [2.24, 2.45) is 0 Å². The Kier molecular flexibility index (Phi) is 5.20. The molecular weight excluding hydrogens is 398 g/mol. The molecule has 0 aliphatic carbocycles. The summed E-state index contributed by atoms with van der Waals surface area (Å²) in [6, 6.07) is 19.6. The zero-order chi connectivity index (χ0) is 21.3. The van der Waals surface area contributed by atoms with E-state index in [-0.39, 0.29) is 16.2 Å². The van der Waals surface area contributed by atoms with Crippen LogP contribution in [0.5, 0.6) is 5.75 Å².